The molecule has 0 radical (unpaired) electrons. The van der Waals surface area contributed by atoms with E-state index in [4.69, 9.17) is 0 Å². The molecule has 0 amide bonds. The fraction of sp³-hybridized carbons (Fsp3) is 0.600. The molecule has 10 nitrogen and oxygen atoms in total. The molecule has 0 bridgehead atoms. The smallest absolute Gasteiger partial charge is 0.285 e. The lowest BCUT2D eigenvalue weighted by Gasteiger charge is -2.19. The van der Waals surface area contributed by atoms with Crippen molar-refractivity contribution in [2.75, 3.05) is 26.6 Å². The van der Waals surface area contributed by atoms with Gasteiger partial charge in [0.05, 0.1) is 30.3 Å². The molecule has 132 valence electrons. The Bertz CT molecular complexity index is 918. The van der Waals surface area contributed by atoms with Crippen molar-refractivity contribution in [2.45, 2.75) is 13.3 Å². The van der Waals surface area contributed by atoms with Crippen LogP contribution in [0.5, 0.6) is 0 Å². The number of rotatable bonds is 6. The average molecular weight is 433 g/mol. The Kier molecular flexibility index (Phi) is 5.96. The van der Waals surface area contributed by atoms with Gasteiger partial charge in [-0.25, -0.2) is 26.2 Å². The van der Waals surface area contributed by atoms with E-state index in [-0.39, 0.29) is 11.1 Å². The van der Waals surface area contributed by atoms with Gasteiger partial charge >= 0.3 is 5.69 Å². The Morgan fingerprint density at radius 3 is 1.87 bits per heavy atom. The molecule has 0 saturated heterocycles. The predicted molar refractivity (Wildman–Crippen MR) is 87.9 cm³/mol. The summed E-state index contributed by atoms with van der Waals surface area (Å²) in [6.45, 7) is -0.808. The quantitative estimate of drug-likeness (QED) is 0.537. The van der Waals surface area contributed by atoms with Crippen molar-refractivity contribution in [2.24, 2.45) is 0 Å². The van der Waals surface area contributed by atoms with E-state index in [0.717, 1.165) is 31.9 Å². The van der Waals surface area contributed by atoms with E-state index in [2.05, 4.69) is 15.9 Å². The summed E-state index contributed by atoms with van der Waals surface area (Å²) in [6, 6.07) is 0. The second kappa shape index (κ2) is 6.84. The summed E-state index contributed by atoms with van der Waals surface area (Å²) in [5.74, 6) is 0. The maximum atomic E-state index is 12.3. The minimum atomic E-state index is -3.60. The normalized spacial score (nSPS) is 13.0. The molecule has 0 fully saturated rings. The number of hydrogen-bond donors (Lipinski definition) is 0. The van der Waals surface area contributed by atoms with Crippen LogP contribution in [0, 0.1) is 0 Å². The molecule has 0 aliphatic rings. The zero-order valence-corrected chi connectivity index (χ0v) is 16.1. The van der Waals surface area contributed by atoms with Crippen LogP contribution in [0.3, 0.4) is 0 Å². The van der Waals surface area contributed by atoms with Gasteiger partial charge in [-0.15, -0.1) is 0 Å². The Labute approximate surface area is 142 Å². The first-order valence-electron chi connectivity index (χ1n) is 6.07. The van der Waals surface area contributed by atoms with Crippen LogP contribution in [0.4, 0.5) is 0 Å². The highest BCUT2D eigenvalue weighted by atomic mass is 79.9. The number of nitrogens with zero attached hydrogens (tertiary/aromatic N) is 4. The molecule has 0 unspecified atom stereocenters. The average Bonchev–Trinajstić information content (AvgIpc) is 2.38. The molecule has 0 aromatic carbocycles. The number of halogens is 1. The van der Waals surface area contributed by atoms with Crippen molar-refractivity contribution >= 4 is 36.0 Å². The van der Waals surface area contributed by atoms with Gasteiger partial charge in [-0.2, -0.15) is 8.61 Å². The fourth-order valence-corrected chi connectivity index (χ4v) is 2.59. The Hall–Kier alpha value is -1.02. The third kappa shape index (κ3) is 4.97. The van der Waals surface area contributed by atoms with E-state index in [9.17, 15) is 26.4 Å². The van der Waals surface area contributed by atoms with E-state index in [1.54, 1.807) is 0 Å². The number of hydrogen-bond acceptors (Lipinski definition) is 6. The van der Waals surface area contributed by atoms with E-state index < -0.39 is 38.0 Å². The topological polar surface area (TPSA) is 119 Å². The number of aromatic nitrogens is 2. The van der Waals surface area contributed by atoms with Gasteiger partial charge in [0.25, 0.3) is 5.56 Å². The third-order valence-corrected chi connectivity index (χ3v) is 6.06. The highest BCUT2D eigenvalue weighted by Crippen LogP contribution is 2.03. The van der Waals surface area contributed by atoms with Crippen LogP contribution in [0.25, 0.3) is 0 Å². The standard InChI is InChI=1S/C10H17BrN4O6S2/c1-12(22(3,18)19)6-14-5-8(11)9(16)15(10(14)17)7-13(2)23(4,20)21/h5H,6-7H2,1-4H3. The lowest BCUT2D eigenvalue weighted by molar-refractivity contribution is 0.350. The van der Waals surface area contributed by atoms with Gasteiger partial charge in [-0.05, 0) is 15.9 Å². The minimum Gasteiger partial charge on any atom is -0.285 e. The summed E-state index contributed by atoms with van der Waals surface area (Å²) < 4.78 is 49.2. The van der Waals surface area contributed by atoms with Crippen molar-refractivity contribution < 1.29 is 16.8 Å². The van der Waals surface area contributed by atoms with Crippen molar-refractivity contribution in [3.8, 4) is 0 Å². The molecule has 1 rings (SSSR count). The summed E-state index contributed by atoms with van der Waals surface area (Å²) in [4.78, 5) is 24.4. The molecule has 0 aliphatic heterocycles. The summed E-state index contributed by atoms with van der Waals surface area (Å²) in [5, 5.41) is 0. The van der Waals surface area contributed by atoms with Gasteiger partial charge in [-0.3, -0.25) is 9.36 Å². The van der Waals surface area contributed by atoms with E-state index in [1.807, 2.05) is 0 Å². The van der Waals surface area contributed by atoms with Crippen LogP contribution in [0.15, 0.2) is 20.3 Å². The first-order valence-corrected chi connectivity index (χ1v) is 10.6. The maximum absolute atomic E-state index is 12.3. The van der Waals surface area contributed by atoms with Gasteiger partial charge in [0, 0.05) is 20.3 Å². The summed E-state index contributed by atoms with van der Waals surface area (Å²) in [6.07, 6.45) is 3.07. The molecule has 13 heteroatoms. The Balaban J connectivity index is 3.39. The van der Waals surface area contributed by atoms with Gasteiger partial charge in [0.1, 0.15) is 0 Å². The van der Waals surface area contributed by atoms with Gasteiger partial charge in [-0.1, -0.05) is 0 Å². The maximum Gasteiger partial charge on any atom is 0.333 e. The second-order valence-electron chi connectivity index (χ2n) is 4.97. The molecule has 1 heterocycles. The zero-order chi connectivity index (χ0) is 18.2. The predicted octanol–water partition coefficient (Wildman–Crippen LogP) is -1.53. The van der Waals surface area contributed by atoms with Crippen LogP contribution in [-0.2, 0) is 33.4 Å². The molecular formula is C10H17BrN4O6S2. The molecular weight excluding hydrogens is 416 g/mol. The van der Waals surface area contributed by atoms with E-state index in [0.29, 0.717) is 4.57 Å². The van der Waals surface area contributed by atoms with Crippen molar-refractivity contribution in [3.05, 3.63) is 31.5 Å². The van der Waals surface area contributed by atoms with Crippen molar-refractivity contribution in [3.63, 3.8) is 0 Å². The van der Waals surface area contributed by atoms with Gasteiger partial charge < -0.3 is 0 Å². The largest absolute Gasteiger partial charge is 0.333 e. The van der Waals surface area contributed by atoms with Gasteiger partial charge in [0.15, 0.2) is 0 Å². The Morgan fingerprint density at radius 1 is 1.00 bits per heavy atom. The van der Waals surface area contributed by atoms with Crippen molar-refractivity contribution in [1.82, 2.24) is 17.7 Å². The summed E-state index contributed by atoms with van der Waals surface area (Å²) in [7, 11) is -4.65. The fourth-order valence-electron chi connectivity index (χ4n) is 1.47. The second-order valence-corrected chi connectivity index (χ2v) is 10.0. The highest BCUT2D eigenvalue weighted by Gasteiger charge is 2.18. The first kappa shape index (κ1) is 20.0. The van der Waals surface area contributed by atoms with E-state index >= 15 is 0 Å². The summed E-state index contributed by atoms with van der Waals surface area (Å²) >= 11 is 2.98. The molecule has 0 spiro atoms. The number of sulfonamides is 2. The van der Waals surface area contributed by atoms with Crippen LogP contribution in [-0.4, -0.2) is 61.2 Å². The van der Waals surface area contributed by atoms with Gasteiger partial charge in [0.2, 0.25) is 20.0 Å². The molecule has 0 aliphatic carbocycles. The first-order chi connectivity index (χ1) is 10.2. The summed E-state index contributed by atoms with van der Waals surface area (Å²) in [5.41, 5.74) is -1.55. The molecule has 23 heavy (non-hydrogen) atoms. The van der Waals surface area contributed by atoms with Crippen molar-refractivity contribution in [1.29, 1.82) is 0 Å². The molecule has 1 aromatic rings. The SMILES string of the molecule is CN(Cn1cc(Br)c(=O)n(CN(C)S(C)(=O)=O)c1=O)S(C)(=O)=O. The van der Waals surface area contributed by atoms with Crippen LogP contribution in [0.2, 0.25) is 0 Å². The third-order valence-electron chi connectivity index (χ3n) is 3.02. The lowest BCUT2D eigenvalue weighted by atomic mass is 10.6. The highest BCUT2D eigenvalue weighted by molar-refractivity contribution is 9.10. The van der Waals surface area contributed by atoms with E-state index in [1.165, 1.54) is 14.1 Å². The van der Waals surface area contributed by atoms with Crippen LogP contribution < -0.4 is 11.2 Å². The molecule has 0 atom stereocenters. The Morgan fingerprint density at radius 2 is 1.43 bits per heavy atom. The molecule has 0 saturated carbocycles. The zero-order valence-electron chi connectivity index (χ0n) is 12.9. The minimum absolute atomic E-state index is 0.000835. The van der Waals surface area contributed by atoms with Crippen LogP contribution >= 0.6 is 15.9 Å². The lowest BCUT2D eigenvalue weighted by Crippen LogP contribution is -2.46. The molecule has 1 aromatic heterocycles. The van der Waals surface area contributed by atoms with Crippen LogP contribution in [0.1, 0.15) is 0 Å². The molecule has 0 N–H and O–H groups in total. The monoisotopic (exact) mass is 432 g/mol.